The Labute approximate surface area is 115 Å². The summed E-state index contributed by atoms with van der Waals surface area (Å²) in [6, 6.07) is -1.20. The maximum Gasteiger partial charge on any atom is 0.326 e. The molecule has 0 saturated heterocycles. The lowest BCUT2D eigenvalue weighted by Crippen LogP contribution is -2.41. The molecule has 0 aliphatic heterocycles. The number of ether oxygens (including phenoxy) is 1. The van der Waals surface area contributed by atoms with Crippen LogP contribution >= 0.6 is 0 Å². The van der Waals surface area contributed by atoms with Crippen molar-refractivity contribution in [1.82, 2.24) is 10.3 Å². The van der Waals surface area contributed by atoms with Crippen molar-refractivity contribution >= 4 is 17.8 Å². The molecule has 0 aliphatic rings. The van der Waals surface area contributed by atoms with E-state index in [2.05, 4.69) is 15.0 Å². The smallest absolute Gasteiger partial charge is 0.326 e. The first-order valence-corrected chi connectivity index (χ1v) is 5.89. The second-order valence-corrected chi connectivity index (χ2v) is 4.13. The van der Waals surface area contributed by atoms with Crippen molar-refractivity contribution in [2.45, 2.75) is 32.7 Å². The van der Waals surface area contributed by atoms with Gasteiger partial charge in [0.2, 0.25) is 5.76 Å². The molecule has 0 aromatic carbocycles. The fourth-order valence-electron chi connectivity index (χ4n) is 1.59. The van der Waals surface area contributed by atoms with Crippen molar-refractivity contribution in [2.24, 2.45) is 0 Å². The molecule has 0 bridgehead atoms. The van der Waals surface area contributed by atoms with Gasteiger partial charge in [0.25, 0.3) is 5.91 Å². The molecule has 0 saturated carbocycles. The van der Waals surface area contributed by atoms with Crippen LogP contribution in [0.3, 0.4) is 0 Å². The maximum atomic E-state index is 11.9. The van der Waals surface area contributed by atoms with E-state index in [-0.39, 0.29) is 18.6 Å². The summed E-state index contributed by atoms with van der Waals surface area (Å²) in [5.41, 5.74) is 0.372. The number of oxazole rings is 1. The molecule has 1 amide bonds. The number of methoxy groups -OCH3 is 1. The number of rotatable bonds is 6. The third-order valence-electron chi connectivity index (χ3n) is 2.58. The number of amides is 1. The van der Waals surface area contributed by atoms with E-state index in [0.717, 1.165) is 0 Å². The molecule has 8 nitrogen and oxygen atoms in total. The SMILES string of the molecule is COC(=O)CC[C@H](NC(=O)c1oc(C)nc1C)C(=O)O. The van der Waals surface area contributed by atoms with E-state index in [1.165, 1.54) is 7.11 Å². The number of aryl methyl sites for hydroxylation is 2. The van der Waals surface area contributed by atoms with Crippen LogP contribution in [0.4, 0.5) is 0 Å². The van der Waals surface area contributed by atoms with E-state index in [4.69, 9.17) is 9.52 Å². The minimum atomic E-state index is -1.24. The highest BCUT2D eigenvalue weighted by Gasteiger charge is 2.24. The second kappa shape index (κ2) is 6.69. The molecule has 1 heterocycles. The van der Waals surface area contributed by atoms with Crippen LogP contribution in [0.1, 0.15) is 35.0 Å². The standard InChI is InChI=1S/C12H16N2O6/c1-6-10(20-7(2)13-6)11(16)14-8(12(17)18)4-5-9(15)19-3/h8H,4-5H2,1-3H3,(H,14,16)(H,17,18)/t8-/m0/s1. The van der Waals surface area contributed by atoms with Crippen LogP contribution in [-0.4, -0.2) is 41.1 Å². The van der Waals surface area contributed by atoms with Gasteiger partial charge in [-0.3, -0.25) is 9.59 Å². The number of hydrogen-bond acceptors (Lipinski definition) is 6. The molecule has 1 rings (SSSR count). The highest BCUT2D eigenvalue weighted by molar-refractivity contribution is 5.95. The van der Waals surface area contributed by atoms with Crippen molar-refractivity contribution in [3.63, 3.8) is 0 Å². The van der Waals surface area contributed by atoms with Gasteiger partial charge in [-0.25, -0.2) is 9.78 Å². The molecule has 1 aromatic rings. The molecule has 110 valence electrons. The topological polar surface area (TPSA) is 119 Å². The lowest BCUT2D eigenvalue weighted by Gasteiger charge is -2.12. The van der Waals surface area contributed by atoms with Crippen molar-refractivity contribution < 1.29 is 28.6 Å². The first kappa shape index (κ1) is 15.7. The number of esters is 1. The minimum Gasteiger partial charge on any atom is -0.480 e. The van der Waals surface area contributed by atoms with Crippen LogP contribution in [0.25, 0.3) is 0 Å². The molecule has 0 unspecified atom stereocenters. The molecule has 8 heteroatoms. The van der Waals surface area contributed by atoms with Crippen LogP contribution in [0.15, 0.2) is 4.42 Å². The van der Waals surface area contributed by atoms with Gasteiger partial charge in [-0.1, -0.05) is 0 Å². The summed E-state index contributed by atoms with van der Waals surface area (Å²) >= 11 is 0. The number of aromatic nitrogens is 1. The Morgan fingerprint density at radius 1 is 1.40 bits per heavy atom. The zero-order chi connectivity index (χ0) is 15.3. The largest absolute Gasteiger partial charge is 0.480 e. The van der Waals surface area contributed by atoms with Gasteiger partial charge in [-0.05, 0) is 13.3 Å². The number of carbonyl (C=O) groups is 3. The zero-order valence-electron chi connectivity index (χ0n) is 11.4. The van der Waals surface area contributed by atoms with E-state index < -0.39 is 23.9 Å². The number of nitrogens with one attached hydrogen (secondary N) is 1. The summed E-state index contributed by atoms with van der Waals surface area (Å²) in [7, 11) is 1.21. The van der Waals surface area contributed by atoms with Gasteiger partial charge < -0.3 is 19.6 Å². The molecule has 0 fully saturated rings. The Balaban J connectivity index is 2.70. The summed E-state index contributed by atoms with van der Waals surface area (Å²) in [5.74, 6) is -2.19. The molecule has 1 atom stereocenters. The van der Waals surface area contributed by atoms with E-state index in [9.17, 15) is 14.4 Å². The Morgan fingerprint density at radius 3 is 2.50 bits per heavy atom. The lowest BCUT2D eigenvalue weighted by molar-refractivity contribution is -0.142. The van der Waals surface area contributed by atoms with Gasteiger partial charge >= 0.3 is 11.9 Å². The Kier molecular flexibility index (Phi) is 5.24. The van der Waals surface area contributed by atoms with Crippen molar-refractivity contribution in [2.75, 3.05) is 7.11 Å². The molecular weight excluding hydrogens is 268 g/mol. The van der Waals surface area contributed by atoms with Gasteiger partial charge in [0.15, 0.2) is 5.89 Å². The number of nitrogens with zero attached hydrogens (tertiary/aromatic N) is 1. The Bertz CT molecular complexity index is 522. The third-order valence-corrected chi connectivity index (χ3v) is 2.58. The molecular formula is C12H16N2O6. The fraction of sp³-hybridized carbons (Fsp3) is 0.500. The molecule has 1 aromatic heterocycles. The van der Waals surface area contributed by atoms with Crippen molar-refractivity contribution in [3.8, 4) is 0 Å². The Hall–Kier alpha value is -2.38. The maximum absolute atomic E-state index is 11.9. The lowest BCUT2D eigenvalue weighted by atomic mass is 10.1. The highest BCUT2D eigenvalue weighted by Crippen LogP contribution is 2.10. The number of carboxylic acid groups (broad SMARTS) is 1. The van der Waals surface area contributed by atoms with Crippen LogP contribution in [0, 0.1) is 13.8 Å². The summed E-state index contributed by atoms with van der Waals surface area (Å²) in [4.78, 5) is 37.8. The molecule has 2 N–H and O–H groups in total. The predicted octanol–water partition coefficient (Wildman–Crippen LogP) is 0.428. The van der Waals surface area contributed by atoms with E-state index in [1.54, 1.807) is 13.8 Å². The van der Waals surface area contributed by atoms with Crippen LogP contribution in [-0.2, 0) is 14.3 Å². The summed E-state index contributed by atoms with van der Waals surface area (Å²) in [6.07, 6.45) is -0.178. The zero-order valence-corrected chi connectivity index (χ0v) is 11.4. The molecule has 0 spiro atoms. The average Bonchev–Trinajstić information content (AvgIpc) is 2.72. The third kappa shape index (κ3) is 4.08. The quantitative estimate of drug-likeness (QED) is 0.727. The van der Waals surface area contributed by atoms with Crippen molar-refractivity contribution in [1.29, 1.82) is 0 Å². The highest BCUT2D eigenvalue weighted by atomic mass is 16.5. The fourth-order valence-corrected chi connectivity index (χ4v) is 1.59. The number of hydrogen-bond donors (Lipinski definition) is 2. The summed E-state index contributed by atoms with van der Waals surface area (Å²) < 4.78 is 9.52. The molecule has 20 heavy (non-hydrogen) atoms. The van der Waals surface area contributed by atoms with Crippen LogP contribution < -0.4 is 5.32 Å². The van der Waals surface area contributed by atoms with Gasteiger partial charge in [-0.15, -0.1) is 0 Å². The first-order chi connectivity index (χ1) is 9.35. The first-order valence-electron chi connectivity index (χ1n) is 5.89. The summed E-state index contributed by atoms with van der Waals surface area (Å²) in [5, 5.41) is 11.3. The van der Waals surface area contributed by atoms with Gasteiger partial charge in [-0.2, -0.15) is 0 Å². The van der Waals surface area contributed by atoms with Gasteiger partial charge in [0.1, 0.15) is 6.04 Å². The van der Waals surface area contributed by atoms with Gasteiger partial charge in [0.05, 0.1) is 12.8 Å². The normalized spacial score (nSPS) is 11.8. The van der Waals surface area contributed by atoms with E-state index >= 15 is 0 Å². The molecule has 0 aliphatic carbocycles. The van der Waals surface area contributed by atoms with Crippen LogP contribution in [0.2, 0.25) is 0 Å². The number of carbonyl (C=O) groups excluding carboxylic acids is 2. The molecule has 0 radical (unpaired) electrons. The monoisotopic (exact) mass is 284 g/mol. The van der Waals surface area contributed by atoms with Crippen LogP contribution in [0.5, 0.6) is 0 Å². The predicted molar refractivity (Wildman–Crippen MR) is 66.1 cm³/mol. The summed E-state index contributed by atoms with van der Waals surface area (Å²) in [6.45, 7) is 3.16. The van der Waals surface area contributed by atoms with E-state index in [1.807, 2.05) is 0 Å². The number of aliphatic carboxylic acids is 1. The van der Waals surface area contributed by atoms with E-state index in [0.29, 0.717) is 11.6 Å². The number of carboxylic acids is 1. The average molecular weight is 284 g/mol. The van der Waals surface area contributed by atoms with Gasteiger partial charge in [0, 0.05) is 13.3 Å². The Morgan fingerprint density at radius 2 is 2.05 bits per heavy atom. The minimum absolute atomic E-state index is 0.0354. The van der Waals surface area contributed by atoms with Crippen molar-refractivity contribution in [3.05, 3.63) is 17.3 Å². The second-order valence-electron chi connectivity index (χ2n) is 4.13.